The van der Waals surface area contributed by atoms with Crippen molar-refractivity contribution < 1.29 is 41.9 Å². The number of halogens is 3. The van der Waals surface area contributed by atoms with Crippen molar-refractivity contribution in [1.29, 1.82) is 5.26 Å². The number of methoxy groups -OCH3 is 1. The molecule has 0 bridgehead atoms. The number of hydrogen-bond donors (Lipinski definition) is 0. The van der Waals surface area contributed by atoms with Gasteiger partial charge in [0.05, 0.1) is 16.6 Å². The zero-order chi connectivity index (χ0) is 29.8. The molecular weight excluding hydrogens is 535 g/mol. The van der Waals surface area contributed by atoms with Crippen molar-refractivity contribution in [2.45, 2.75) is 32.4 Å². The largest absolute Gasteiger partial charge is 0.476 e. The predicted octanol–water partition coefficient (Wildman–Crippen LogP) is 5.49. The fourth-order valence-corrected chi connectivity index (χ4v) is 3.67. The van der Waals surface area contributed by atoms with Gasteiger partial charge in [0.15, 0.2) is 17.8 Å². The topological polar surface area (TPSA) is 132 Å². The molecule has 0 spiro atoms. The van der Waals surface area contributed by atoms with Gasteiger partial charge < -0.3 is 19.1 Å². The molecule has 40 heavy (non-hydrogen) atoms. The number of ketones is 1. The number of Topliss-reactive ketones (excluding diaryl/α,β-unsaturated/α-hetero) is 1. The van der Waals surface area contributed by atoms with Crippen molar-refractivity contribution in [2.24, 2.45) is 5.92 Å². The Kier molecular flexibility index (Phi) is 8.95. The first-order valence-electron chi connectivity index (χ1n) is 11.7. The molecule has 0 saturated carbocycles. The number of nitrogens with zero attached hydrogens (tertiary/aromatic N) is 3. The molecule has 3 unspecified atom stereocenters. The smallest absolute Gasteiger partial charge is 0.416 e. The maximum absolute atomic E-state index is 13.0. The zero-order valence-electron chi connectivity index (χ0n) is 21.8. The third-order valence-corrected chi connectivity index (χ3v) is 6.10. The first kappa shape index (κ1) is 29.9. The molecule has 1 amide bonds. The third kappa shape index (κ3) is 6.65. The molecule has 3 atom stereocenters. The average molecular weight is 559 g/mol. The Morgan fingerprint density at radius 2 is 1.62 bits per heavy atom. The minimum absolute atomic E-state index is 0.0630. The summed E-state index contributed by atoms with van der Waals surface area (Å²) in [5.74, 6) is -3.57. The van der Waals surface area contributed by atoms with Crippen LogP contribution in [-0.4, -0.2) is 48.0 Å². The maximum Gasteiger partial charge on any atom is 0.416 e. The van der Waals surface area contributed by atoms with Crippen LogP contribution in [0.3, 0.4) is 0 Å². The fraction of sp³-hybridized carbons (Fsp3) is 0.296. The van der Waals surface area contributed by atoms with Crippen LogP contribution in [0, 0.1) is 27.4 Å². The SMILES string of the molecule is COC(C)N(C)C(=O)C(C#N)C(=O)C(C)Oc1cc(Oc2ccc3cc(C(F)(F)F)ccc3c2)ccc1[N+](=O)[O-]. The Morgan fingerprint density at radius 1 is 1.02 bits per heavy atom. The second-order valence-corrected chi connectivity index (χ2v) is 8.72. The molecule has 3 aromatic carbocycles. The van der Waals surface area contributed by atoms with Gasteiger partial charge in [-0.05, 0) is 55.0 Å². The van der Waals surface area contributed by atoms with Crippen LogP contribution >= 0.6 is 0 Å². The molecule has 0 aromatic heterocycles. The van der Waals surface area contributed by atoms with Crippen LogP contribution in [0.4, 0.5) is 18.9 Å². The van der Waals surface area contributed by atoms with Crippen molar-refractivity contribution in [3.63, 3.8) is 0 Å². The Balaban J connectivity index is 1.85. The molecule has 0 aliphatic rings. The minimum Gasteiger partial charge on any atom is -0.476 e. The van der Waals surface area contributed by atoms with E-state index < -0.39 is 52.3 Å². The molecular formula is C27H24F3N3O7. The van der Waals surface area contributed by atoms with E-state index in [0.29, 0.717) is 10.8 Å². The minimum atomic E-state index is -4.49. The number of amides is 1. The summed E-state index contributed by atoms with van der Waals surface area (Å²) in [5.41, 5.74) is -1.30. The zero-order valence-corrected chi connectivity index (χ0v) is 21.8. The molecule has 0 aliphatic heterocycles. The van der Waals surface area contributed by atoms with Crippen LogP contribution in [0.25, 0.3) is 10.8 Å². The van der Waals surface area contributed by atoms with Gasteiger partial charge in [-0.25, -0.2) is 0 Å². The van der Waals surface area contributed by atoms with E-state index in [2.05, 4.69) is 0 Å². The number of nitriles is 1. The number of carbonyl (C=O) groups is 2. The summed E-state index contributed by atoms with van der Waals surface area (Å²) in [7, 11) is 2.70. The third-order valence-electron chi connectivity index (χ3n) is 6.10. The number of hydrogen-bond acceptors (Lipinski definition) is 8. The van der Waals surface area contributed by atoms with E-state index in [0.717, 1.165) is 29.2 Å². The van der Waals surface area contributed by atoms with Crippen LogP contribution < -0.4 is 9.47 Å². The van der Waals surface area contributed by atoms with E-state index in [4.69, 9.17) is 14.2 Å². The predicted molar refractivity (Wildman–Crippen MR) is 136 cm³/mol. The van der Waals surface area contributed by atoms with Gasteiger partial charge in [0.1, 0.15) is 17.7 Å². The van der Waals surface area contributed by atoms with Gasteiger partial charge in [-0.1, -0.05) is 12.1 Å². The number of nitro groups is 1. The summed E-state index contributed by atoms with van der Waals surface area (Å²) in [6.07, 6.45) is -6.64. The highest BCUT2D eigenvalue weighted by Gasteiger charge is 2.36. The highest BCUT2D eigenvalue weighted by atomic mass is 19.4. The summed E-state index contributed by atoms with van der Waals surface area (Å²) < 4.78 is 55.3. The van der Waals surface area contributed by atoms with Gasteiger partial charge in [0, 0.05) is 26.3 Å². The van der Waals surface area contributed by atoms with E-state index in [1.54, 1.807) is 13.0 Å². The number of alkyl halides is 3. The van der Waals surface area contributed by atoms with Crippen molar-refractivity contribution in [3.8, 4) is 23.3 Å². The normalized spacial score (nSPS) is 13.6. The lowest BCUT2D eigenvalue weighted by atomic mass is 10.0. The first-order chi connectivity index (χ1) is 18.8. The molecule has 210 valence electrons. The van der Waals surface area contributed by atoms with E-state index >= 15 is 0 Å². The van der Waals surface area contributed by atoms with Gasteiger partial charge >= 0.3 is 11.9 Å². The summed E-state index contributed by atoms with van der Waals surface area (Å²) in [6, 6.07) is 12.7. The number of fused-ring (bicyclic) bond motifs is 1. The highest BCUT2D eigenvalue weighted by molar-refractivity contribution is 6.05. The Labute approximate surface area is 226 Å². The van der Waals surface area contributed by atoms with E-state index in [1.807, 2.05) is 0 Å². The molecule has 0 heterocycles. The maximum atomic E-state index is 13.0. The van der Waals surface area contributed by atoms with Gasteiger partial charge in [0.2, 0.25) is 11.7 Å². The molecule has 0 radical (unpaired) electrons. The van der Waals surface area contributed by atoms with Crippen molar-refractivity contribution >= 4 is 28.2 Å². The van der Waals surface area contributed by atoms with Crippen molar-refractivity contribution in [2.75, 3.05) is 14.2 Å². The quantitative estimate of drug-likeness (QED) is 0.138. The van der Waals surface area contributed by atoms with Crippen LogP contribution in [0.2, 0.25) is 0 Å². The molecule has 0 fully saturated rings. The number of rotatable bonds is 10. The lowest BCUT2D eigenvalue weighted by Gasteiger charge is -2.26. The van der Waals surface area contributed by atoms with Crippen LogP contribution in [0.5, 0.6) is 17.2 Å². The summed E-state index contributed by atoms with van der Waals surface area (Å²) >= 11 is 0. The van der Waals surface area contributed by atoms with E-state index in [-0.39, 0.29) is 17.2 Å². The first-order valence-corrected chi connectivity index (χ1v) is 11.7. The standard InChI is InChI=1S/C27H24F3N3O7/c1-15(25(34)22(14-31)26(35)32(3)16(2)38-4)39-24-13-21(9-10-23(24)33(36)37)40-20-8-6-17-11-19(27(28,29)30)7-5-18(17)12-20/h5-13,15-16,22H,1-4H3. The van der Waals surface area contributed by atoms with Gasteiger partial charge in [-0.3, -0.25) is 19.7 Å². The molecule has 13 heteroatoms. The number of benzene rings is 3. The number of nitro benzene ring substituents is 1. The Bertz CT molecular complexity index is 1490. The highest BCUT2D eigenvalue weighted by Crippen LogP contribution is 2.36. The second-order valence-electron chi connectivity index (χ2n) is 8.72. The fourth-order valence-electron chi connectivity index (χ4n) is 3.67. The van der Waals surface area contributed by atoms with E-state index in [1.165, 1.54) is 51.4 Å². The Hall–Kier alpha value is -4.70. The number of carbonyl (C=O) groups excluding carboxylic acids is 2. The van der Waals surface area contributed by atoms with Crippen molar-refractivity contribution in [1.82, 2.24) is 4.90 Å². The molecule has 3 aromatic rings. The molecule has 3 rings (SSSR count). The van der Waals surface area contributed by atoms with Gasteiger partial charge in [-0.15, -0.1) is 0 Å². The van der Waals surface area contributed by atoms with Crippen LogP contribution in [0.15, 0.2) is 54.6 Å². The monoisotopic (exact) mass is 559 g/mol. The van der Waals surface area contributed by atoms with Crippen LogP contribution in [-0.2, 0) is 20.5 Å². The summed E-state index contributed by atoms with van der Waals surface area (Å²) in [5, 5.41) is 21.8. The summed E-state index contributed by atoms with van der Waals surface area (Å²) in [4.78, 5) is 37.4. The molecule has 0 N–H and O–H groups in total. The average Bonchev–Trinajstić information content (AvgIpc) is 2.91. The van der Waals surface area contributed by atoms with Gasteiger partial charge in [-0.2, -0.15) is 18.4 Å². The molecule has 10 nitrogen and oxygen atoms in total. The number of ether oxygens (including phenoxy) is 3. The van der Waals surface area contributed by atoms with E-state index in [9.17, 15) is 38.1 Å². The molecule has 0 saturated heterocycles. The van der Waals surface area contributed by atoms with Gasteiger partial charge in [0.25, 0.3) is 0 Å². The second kappa shape index (κ2) is 12.0. The Morgan fingerprint density at radius 3 is 2.23 bits per heavy atom. The lowest BCUT2D eigenvalue weighted by Crippen LogP contribution is -2.45. The summed E-state index contributed by atoms with van der Waals surface area (Å²) in [6.45, 7) is 2.79. The lowest BCUT2D eigenvalue weighted by molar-refractivity contribution is -0.386. The molecule has 0 aliphatic carbocycles. The van der Waals surface area contributed by atoms with Crippen LogP contribution in [0.1, 0.15) is 19.4 Å². The van der Waals surface area contributed by atoms with Crippen molar-refractivity contribution in [3.05, 3.63) is 70.3 Å².